The van der Waals surface area contributed by atoms with Crippen molar-refractivity contribution in [2.45, 2.75) is 6.42 Å². The third kappa shape index (κ3) is 2.04. The predicted molar refractivity (Wildman–Crippen MR) is 71.4 cm³/mol. The van der Waals surface area contributed by atoms with Crippen LogP contribution in [0.3, 0.4) is 0 Å². The first kappa shape index (κ1) is 10.0. The molecule has 1 heterocycles. The minimum absolute atomic E-state index is 0.876. The first-order chi connectivity index (χ1) is 8.43. The maximum absolute atomic E-state index is 4.35. The van der Waals surface area contributed by atoms with E-state index >= 15 is 0 Å². The molecule has 0 saturated heterocycles. The smallest absolute Gasteiger partial charge is 0.0657 e. The number of rotatable bonds is 2. The number of hydrogen-bond donors (Lipinski definition) is 0. The van der Waals surface area contributed by atoms with Gasteiger partial charge in [-0.1, -0.05) is 42.5 Å². The predicted octanol–water partition coefficient (Wildman–Crippen LogP) is 2.87. The molecule has 1 aliphatic heterocycles. The van der Waals surface area contributed by atoms with Crippen LogP contribution in [0.1, 0.15) is 12.0 Å². The number of nitrogens with zero attached hydrogens (tertiary/aromatic N) is 3. The Kier molecular flexibility index (Phi) is 2.58. The largest absolute Gasteiger partial charge is 0.185 e. The van der Waals surface area contributed by atoms with E-state index in [-0.39, 0.29) is 0 Å². The Bertz CT molecular complexity index is 582. The molecule has 0 radical (unpaired) electrons. The number of hydrazone groups is 2. The highest BCUT2D eigenvalue weighted by Crippen LogP contribution is 2.17. The molecule has 1 aliphatic rings. The summed E-state index contributed by atoms with van der Waals surface area (Å²) in [7, 11) is 0. The zero-order valence-electron chi connectivity index (χ0n) is 9.45. The van der Waals surface area contributed by atoms with Crippen molar-refractivity contribution in [2.24, 2.45) is 10.2 Å². The summed E-state index contributed by atoms with van der Waals surface area (Å²) in [6, 6.07) is 14.6. The molecule has 0 N–H and O–H groups in total. The Hall–Kier alpha value is -2.16. The van der Waals surface area contributed by atoms with Gasteiger partial charge in [0.15, 0.2) is 0 Å². The lowest BCUT2D eigenvalue weighted by Crippen LogP contribution is -2.05. The normalized spacial score (nSPS) is 15.2. The lowest BCUT2D eigenvalue weighted by atomic mass is 10.1. The van der Waals surface area contributed by atoms with Crippen molar-refractivity contribution in [3.05, 3.63) is 48.0 Å². The molecule has 3 rings (SSSR count). The highest BCUT2D eigenvalue weighted by atomic mass is 15.7. The molecule has 0 spiro atoms. The summed E-state index contributed by atoms with van der Waals surface area (Å²) in [4.78, 5) is 0. The molecular weight excluding hydrogens is 210 g/mol. The van der Waals surface area contributed by atoms with Crippen LogP contribution in [0.2, 0.25) is 0 Å². The molecule has 2 aromatic carbocycles. The van der Waals surface area contributed by atoms with Gasteiger partial charge in [-0.2, -0.15) is 15.3 Å². The maximum Gasteiger partial charge on any atom is 0.0657 e. The van der Waals surface area contributed by atoms with Gasteiger partial charge in [-0.3, -0.25) is 0 Å². The van der Waals surface area contributed by atoms with Crippen LogP contribution in [-0.4, -0.2) is 24.1 Å². The van der Waals surface area contributed by atoms with Crippen LogP contribution in [-0.2, 0) is 0 Å². The van der Waals surface area contributed by atoms with Gasteiger partial charge in [0.1, 0.15) is 0 Å². The molecule has 0 saturated carbocycles. The van der Waals surface area contributed by atoms with E-state index in [2.05, 4.69) is 40.5 Å². The van der Waals surface area contributed by atoms with Crippen LogP contribution in [0.15, 0.2) is 52.7 Å². The Morgan fingerprint density at radius 2 is 2.00 bits per heavy atom. The van der Waals surface area contributed by atoms with Gasteiger partial charge in [-0.25, -0.2) is 0 Å². The zero-order chi connectivity index (χ0) is 11.5. The molecule has 2 aromatic rings. The molecule has 3 nitrogen and oxygen atoms in total. The van der Waals surface area contributed by atoms with Gasteiger partial charge in [0.25, 0.3) is 0 Å². The highest BCUT2D eigenvalue weighted by Gasteiger charge is 2.02. The van der Waals surface area contributed by atoms with Gasteiger partial charge in [-0.15, -0.1) is 0 Å². The summed E-state index contributed by atoms with van der Waals surface area (Å²) < 4.78 is 0. The third-order valence-corrected chi connectivity index (χ3v) is 2.83. The quantitative estimate of drug-likeness (QED) is 0.719. The van der Waals surface area contributed by atoms with E-state index in [1.54, 1.807) is 5.12 Å². The van der Waals surface area contributed by atoms with Crippen molar-refractivity contribution < 1.29 is 0 Å². The molecule has 0 unspecified atom stereocenters. The van der Waals surface area contributed by atoms with E-state index in [1.165, 1.54) is 10.8 Å². The van der Waals surface area contributed by atoms with Crippen LogP contribution < -0.4 is 0 Å². The number of hydrogen-bond acceptors (Lipinski definition) is 3. The van der Waals surface area contributed by atoms with E-state index in [4.69, 9.17) is 0 Å². The van der Waals surface area contributed by atoms with E-state index < -0.39 is 0 Å². The first-order valence-corrected chi connectivity index (χ1v) is 5.75. The fraction of sp³-hybridized carbons (Fsp3) is 0.143. The Balaban J connectivity index is 1.97. The average Bonchev–Trinajstić information content (AvgIpc) is 2.89. The van der Waals surface area contributed by atoms with Gasteiger partial charge in [0, 0.05) is 18.2 Å². The van der Waals surface area contributed by atoms with E-state index in [0.717, 1.165) is 18.5 Å². The highest BCUT2D eigenvalue weighted by molar-refractivity contribution is 5.99. The molecule has 0 aliphatic carbocycles. The van der Waals surface area contributed by atoms with Crippen LogP contribution in [0.5, 0.6) is 0 Å². The summed E-state index contributed by atoms with van der Waals surface area (Å²) in [6.45, 7) is 0.876. The Labute approximate surface area is 100 Å². The van der Waals surface area contributed by atoms with E-state index in [1.807, 2.05) is 24.6 Å². The maximum atomic E-state index is 4.35. The first-order valence-electron chi connectivity index (χ1n) is 5.75. The molecule has 0 bridgehead atoms. The van der Waals surface area contributed by atoms with Crippen molar-refractivity contribution in [3.8, 4) is 0 Å². The summed E-state index contributed by atoms with van der Waals surface area (Å²) in [5.74, 6) is 0. The summed E-state index contributed by atoms with van der Waals surface area (Å²) >= 11 is 0. The topological polar surface area (TPSA) is 28.0 Å². The SMILES string of the molecule is C1=NN(N=Cc2cccc3ccccc23)CC1. The second-order valence-electron chi connectivity index (χ2n) is 4.00. The van der Waals surface area contributed by atoms with Crippen molar-refractivity contribution >= 4 is 23.2 Å². The standard InChI is InChI=1S/C14H13N3/c1-2-8-14-12(5-1)6-3-7-13(14)11-16-17-10-4-9-15-17/h1-3,5-9,11H,4,10H2. The van der Waals surface area contributed by atoms with Crippen molar-refractivity contribution in [2.75, 3.05) is 6.54 Å². The number of fused-ring (bicyclic) bond motifs is 1. The third-order valence-electron chi connectivity index (χ3n) is 2.83. The molecule has 0 aromatic heterocycles. The zero-order valence-corrected chi connectivity index (χ0v) is 9.45. The lowest BCUT2D eigenvalue weighted by molar-refractivity contribution is 0.340. The van der Waals surface area contributed by atoms with Crippen LogP contribution in [0.25, 0.3) is 10.8 Å². The monoisotopic (exact) mass is 223 g/mol. The van der Waals surface area contributed by atoms with E-state index in [9.17, 15) is 0 Å². The summed E-state index contributed by atoms with van der Waals surface area (Å²) in [5.41, 5.74) is 1.13. The van der Waals surface area contributed by atoms with Crippen molar-refractivity contribution in [1.82, 2.24) is 5.12 Å². The van der Waals surface area contributed by atoms with Gasteiger partial charge in [0.05, 0.1) is 12.8 Å². The minimum Gasteiger partial charge on any atom is -0.185 e. The minimum atomic E-state index is 0.876. The molecular formula is C14H13N3. The fourth-order valence-electron chi connectivity index (χ4n) is 1.96. The molecule has 0 atom stereocenters. The Morgan fingerprint density at radius 1 is 1.12 bits per heavy atom. The van der Waals surface area contributed by atoms with Gasteiger partial charge < -0.3 is 0 Å². The molecule has 0 amide bonds. The average molecular weight is 223 g/mol. The molecule has 84 valence electrons. The van der Waals surface area contributed by atoms with Gasteiger partial charge in [-0.05, 0) is 10.8 Å². The summed E-state index contributed by atoms with van der Waals surface area (Å²) in [5, 5.41) is 12.7. The second kappa shape index (κ2) is 4.37. The fourth-order valence-corrected chi connectivity index (χ4v) is 1.96. The second-order valence-corrected chi connectivity index (χ2v) is 4.00. The molecule has 17 heavy (non-hydrogen) atoms. The Morgan fingerprint density at radius 3 is 2.88 bits per heavy atom. The van der Waals surface area contributed by atoms with Gasteiger partial charge >= 0.3 is 0 Å². The lowest BCUT2D eigenvalue weighted by Gasteiger charge is -2.05. The van der Waals surface area contributed by atoms with Crippen molar-refractivity contribution in [3.63, 3.8) is 0 Å². The van der Waals surface area contributed by atoms with Crippen LogP contribution >= 0.6 is 0 Å². The molecule has 0 fully saturated rings. The van der Waals surface area contributed by atoms with E-state index in [0.29, 0.717) is 0 Å². The van der Waals surface area contributed by atoms with Crippen LogP contribution in [0, 0.1) is 0 Å². The summed E-state index contributed by atoms with van der Waals surface area (Å²) in [6.07, 6.45) is 4.75. The number of benzene rings is 2. The van der Waals surface area contributed by atoms with Gasteiger partial charge in [0.2, 0.25) is 0 Å². The molecule has 3 heteroatoms. The van der Waals surface area contributed by atoms with Crippen molar-refractivity contribution in [1.29, 1.82) is 0 Å². The van der Waals surface area contributed by atoms with Crippen LogP contribution in [0.4, 0.5) is 0 Å².